The van der Waals surface area contributed by atoms with Gasteiger partial charge in [0.1, 0.15) is 6.54 Å². The van der Waals surface area contributed by atoms with Crippen LogP contribution in [0.2, 0.25) is 0 Å². The van der Waals surface area contributed by atoms with Gasteiger partial charge >= 0.3 is 23.4 Å². The maximum absolute atomic E-state index is 13.3. The maximum Gasteiger partial charge on any atom is 0.366 e. The summed E-state index contributed by atoms with van der Waals surface area (Å²) in [7, 11) is 0. The number of benzene rings is 1. The van der Waals surface area contributed by atoms with E-state index in [1.165, 1.54) is 13.8 Å². The standard InChI is InChI=1S/C22H23N5O9/c1-3-35-20(31)22(21(32)36-4-2,26-15(28)10-11-16(26)29)24-18(30)17-19(27(33)34)25(13-23-17)12-14-8-6-5-7-9-14/h5-9,13H,3-4,10-12H2,1-2H3,(H,24,30). The van der Waals surface area contributed by atoms with E-state index >= 15 is 0 Å². The predicted molar refractivity (Wildman–Crippen MR) is 119 cm³/mol. The summed E-state index contributed by atoms with van der Waals surface area (Å²) >= 11 is 0. The van der Waals surface area contributed by atoms with Crippen molar-refractivity contribution in [3.8, 4) is 0 Å². The molecule has 36 heavy (non-hydrogen) atoms. The van der Waals surface area contributed by atoms with E-state index in [0.717, 1.165) is 10.9 Å². The van der Waals surface area contributed by atoms with Crippen LogP contribution < -0.4 is 5.32 Å². The number of aromatic nitrogens is 2. The molecule has 2 aromatic rings. The fourth-order valence-corrected chi connectivity index (χ4v) is 3.69. The molecule has 0 aliphatic carbocycles. The van der Waals surface area contributed by atoms with Crippen molar-refractivity contribution in [2.24, 2.45) is 0 Å². The summed E-state index contributed by atoms with van der Waals surface area (Å²) in [5, 5.41) is 13.9. The van der Waals surface area contributed by atoms with Crippen molar-refractivity contribution < 1.29 is 38.4 Å². The van der Waals surface area contributed by atoms with Gasteiger partial charge in [-0.15, -0.1) is 0 Å². The number of nitro groups is 1. The Hall–Kier alpha value is -4.62. The van der Waals surface area contributed by atoms with Crippen molar-refractivity contribution >= 4 is 35.5 Å². The maximum atomic E-state index is 13.3. The number of imide groups is 1. The summed E-state index contributed by atoms with van der Waals surface area (Å²) in [6.07, 6.45) is 0.380. The number of rotatable bonds is 10. The number of imidazole rings is 1. The molecule has 1 aliphatic heterocycles. The Balaban J connectivity index is 2.09. The Bertz CT molecular complexity index is 1170. The van der Waals surface area contributed by atoms with Crippen LogP contribution in [-0.4, -0.2) is 67.9 Å². The van der Waals surface area contributed by atoms with Gasteiger partial charge in [0.25, 0.3) is 5.91 Å². The SMILES string of the molecule is CCOC(=O)C(NC(=O)c1ncn(Cc2ccccc2)c1[N+](=O)[O-])(C(=O)OCC)N1C(=O)CCC1=O. The van der Waals surface area contributed by atoms with Gasteiger partial charge in [0.05, 0.1) is 13.2 Å². The molecule has 1 aromatic heterocycles. The lowest BCUT2D eigenvalue weighted by atomic mass is 10.1. The molecule has 14 heteroatoms. The molecule has 0 spiro atoms. The Morgan fingerprint density at radius 2 is 1.61 bits per heavy atom. The third-order valence-electron chi connectivity index (χ3n) is 5.22. The van der Waals surface area contributed by atoms with Crippen LogP contribution in [0.15, 0.2) is 36.7 Å². The zero-order valence-corrected chi connectivity index (χ0v) is 19.5. The van der Waals surface area contributed by atoms with Crippen LogP contribution in [0.3, 0.4) is 0 Å². The number of esters is 2. The van der Waals surface area contributed by atoms with Gasteiger partial charge in [-0.3, -0.25) is 14.4 Å². The van der Waals surface area contributed by atoms with Crippen LogP contribution in [0.4, 0.5) is 5.82 Å². The first-order valence-corrected chi connectivity index (χ1v) is 10.9. The Morgan fingerprint density at radius 1 is 1.06 bits per heavy atom. The number of hydrogen-bond acceptors (Lipinski definition) is 10. The summed E-state index contributed by atoms with van der Waals surface area (Å²) in [6, 6.07) is 8.63. The average Bonchev–Trinajstić information content (AvgIpc) is 3.41. The van der Waals surface area contributed by atoms with Crippen molar-refractivity contribution in [3.05, 3.63) is 58.0 Å². The van der Waals surface area contributed by atoms with Crippen molar-refractivity contribution in [2.45, 2.75) is 38.9 Å². The van der Waals surface area contributed by atoms with E-state index in [9.17, 15) is 34.1 Å². The van der Waals surface area contributed by atoms with E-state index in [4.69, 9.17) is 9.47 Å². The second-order valence-corrected chi connectivity index (χ2v) is 7.52. The quantitative estimate of drug-likeness (QED) is 0.159. The minimum atomic E-state index is -3.04. The lowest BCUT2D eigenvalue weighted by Gasteiger charge is -2.35. The van der Waals surface area contributed by atoms with E-state index in [1.807, 2.05) is 5.32 Å². The molecule has 3 rings (SSSR count). The first-order chi connectivity index (χ1) is 17.2. The van der Waals surface area contributed by atoms with Gasteiger partial charge < -0.3 is 24.9 Å². The summed E-state index contributed by atoms with van der Waals surface area (Å²) < 4.78 is 10.9. The van der Waals surface area contributed by atoms with Crippen LogP contribution in [0.1, 0.15) is 42.7 Å². The van der Waals surface area contributed by atoms with Crippen LogP contribution in [0, 0.1) is 10.1 Å². The van der Waals surface area contributed by atoms with Crippen LogP contribution >= 0.6 is 0 Å². The predicted octanol–water partition coefficient (Wildman–Crippen LogP) is 0.541. The molecule has 14 nitrogen and oxygen atoms in total. The number of nitrogens with zero attached hydrogens (tertiary/aromatic N) is 4. The largest absolute Gasteiger partial charge is 0.462 e. The number of amides is 3. The Labute approximate surface area is 204 Å². The molecule has 0 unspecified atom stereocenters. The second kappa shape index (κ2) is 10.8. The smallest absolute Gasteiger partial charge is 0.366 e. The Kier molecular flexibility index (Phi) is 7.77. The average molecular weight is 501 g/mol. The van der Waals surface area contributed by atoms with E-state index in [-0.39, 0.29) is 37.5 Å². The van der Waals surface area contributed by atoms with E-state index in [1.54, 1.807) is 30.3 Å². The first kappa shape index (κ1) is 26.0. The minimum absolute atomic E-state index is 0.0125. The van der Waals surface area contributed by atoms with Gasteiger partial charge in [0, 0.05) is 12.8 Å². The highest BCUT2D eigenvalue weighted by atomic mass is 16.6. The molecule has 0 saturated carbocycles. The molecule has 1 saturated heterocycles. The molecule has 2 heterocycles. The highest BCUT2D eigenvalue weighted by Gasteiger charge is 2.61. The van der Waals surface area contributed by atoms with Gasteiger partial charge in [0.15, 0.2) is 6.33 Å². The molecule has 0 bridgehead atoms. The van der Waals surface area contributed by atoms with Crippen molar-refractivity contribution in [3.63, 3.8) is 0 Å². The molecule has 190 valence electrons. The number of ether oxygens (including phenoxy) is 2. The summed E-state index contributed by atoms with van der Waals surface area (Å²) in [4.78, 5) is 79.6. The van der Waals surface area contributed by atoms with Crippen molar-refractivity contribution in [1.82, 2.24) is 19.8 Å². The van der Waals surface area contributed by atoms with E-state index in [2.05, 4.69) is 4.98 Å². The second-order valence-electron chi connectivity index (χ2n) is 7.52. The number of carbonyl (C=O) groups excluding carboxylic acids is 5. The molecule has 1 N–H and O–H groups in total. The monoisotopic (exact) mass is 501 g/mol. The molecule has 3 amide bonds. The molecule has 0 radical (unpaired) electrons. The normalized spacial score (nSPS) is 13.4. The first-order valence-electron chi connectivity index (χ1n) is 10.9. The lowest BCUT2D eigenvalue weighted by Crippen LogP contribution is -2.72. The van der Waals surface area contributed by atoms with Crippen LogP contribution in [0.25, 0.3) is 0 Å². The van der Waals surface area contributed by atoms with Gasteiger partial charge in [-0.05, 0) is 24.3 Å². The molecular weight excluding hydrogens is 478 g/mol. The summed E-state index contributed by atoms with van der Waals surface area (Å²) in [6.45, 7) is 2.23. The molecular formula is C22H23N5O9. The number of hydrogen-bond donors (Lipinski definition) is 1. The molecule has 1 aliphatic rings. The zero-order valence-electron chi connectivity index (χ0n) is 19.5. The fourth-order valence-electron chi connectivity index (χ4n) is 3.69. The third kappa shape index (κ3) is 4.78. The van der Waals surface area contributed by atoms with Gasteiger partial charge in [-0.25, -0.2) is 24.0 Å². The van der Waals surface area contributed by atoms with Crippen LogP contribution in [0.5, 0.6) is 0 Å². The van der Waals surface area contributed by atoms with Crippen LogP contribution in [-0.2, 0) is 35.2 Å². The summed E-state index contributed by atoms with van der Waals surface area (Å²) in [5.74, 6) is -6.92. The van der Waals surface area contributed by atoms with Crippen molar-refractivity contribution in [1.29, 1.82) is 0 Å². The minimum Gasteiger partial charge on any atom is -0.462 e. The van der Waals surface area contributed by atoms with Gasteiger partial charge in [-0.2, -0.15) is 0 Å². The fraction of sp³-hybridized carbons (Fsp3) is 0.364. The zero-order chi connectivity index (χ0) is 26.5. The van der Waals surface area contributed by atoms with Gasteiger partial charge in [-0.1, -0.05) is 30.3 Å². The molecule has 1 fully saturated rings. The number of carbonyl (C=O) groups is 5. The summed E-state index contributed by atoms with van der Waals surface area (Å²) in [5.41, 5.74) is -3.12. The highest BCUT2D eigenvalue weighted by Crippen LogP contribution is 2.27. The lowest BCUT2D eigenvalue weighted by molar-refractivity contribution is -0.392. The molecule has 0 atom stereocenters. The van der Waals surface area contributed by atoms with E-state index < -0.39 is 51.8 Å². The number of likely N-dealkylation sites (tertiary alicyclic amines) is 1. The number of nitrogens with one attached hydrogen (secondary N) is 1. The van der Waals surface area contributed by atoms with Gasteiger partial charge in [0.2, 0.25) is 17.5 Å². The third-order valence-corrected chi connectivity index (χ3v) is 5.22. The van der Waals surface area contributed by atoms with E-state index in [0.29, 0.717) is 5.56 Å². The highest BCUT2D eigenvalue weighted by molar-refractivity contribution is 6.17. The Morgan fingerprint density at radius 3 is 2.11 bits per heavy atom. The molecule has 1 aromatic carbocycles. The van der Waals surface area contributed by atoms with Crippen molar-refractivity contribution in [2.75, 3.05) is 13.2 Å². The topological polar surface area (TPSA) is 180 Å².